The second kappa shape index (κ2) is 14.1. The normalized spacial score (nSPS) is 11.9. The number of aromatic nitrogens is 2. The molecule has 222 valence electrons. The van der Waals surface area contributed by atoms with Gasteiger partial charge in [-0.3, -0.25) is 4.79 Å². The molecule has 3 aromatic carbocycles. The van der Waals surface area contributed by atoms with Gasteiger partial charge in [-0.15, -0.1) is 0 Å². The molecule has 1 heterocycles. The molecule has 7 nitrogen and oxygen atoms in total. The molecule has 1 unspecified atom stereocenters. The first-order valence-electron chi connectivity index (χ1n) is 13.6. The van der Waals surface area contributed by atoms with Gasteiger partial charge in [-0.05, 0) is 54.3 Å². The van der Waals surface area contributed by atoms with Crippen LogP contribution in [0.1, 0.15) is 52.8 Å². The second-order valence-corrected chi connectivity index (χ2v) is 10.1. The summed E-state index contributed by atoms with van der Waals surface area (Å²) >= 11 is 5.78. The summed E-state index contributed by atoms with van der Waals surface area (Å²) in [5.74, 6) is -1.18. The Kier molecular flexibility index (Phi) is 10.3. The Balaban J connectivity index is 1.80. The number of para-hydroxylation sites is 1. The highest BCUT2D eigenvalue weighted by Gasteiger charge is 2.37. The van der Waals surface area contributed by atoms with Gasteiger partial charge in [0.15, 0.2) is 0 Å². The van der Waals surface area contributed by atoms with Crippen molar-refractivity contribution in [2.45, 2.75) is 38.4 Å². The standard InChI is InChI=1S/C32H30F3N5O2S/c1-3-16-38-40(31(43)25-9-5-7-11-29(25)42-2)30(41)26(17-24-8-4-6-10-27(24)32(33,34)35)28-19-37-21-39(28)20-23-14-12-22(18-36)13-15-23/h4-15,19,21,26,38H,3,16-17,20H2,1-2H3. The van der Waals surface area contributed by atoms with Crippen LogP contribution in [0.2, 0.25) is 0 Å². The second-order valence-electron chi connectivity index (χ2n) is 9.75. The van der Waals surface area contributed by atoms with Crippen molar-refractivity contribution in [2.24, 2.45) is 0 Å². The molecule has 0 bridgehead atoms. The van der Waals surface area contributed by atoms with Gasteiger partial charge in [0.25, 0.3) is 5.91 Å². The number of hydrogen-bond acceptors (Lipinski definition) is 6. The summed E-state index contributed by atoms with van der Waals surface area (Å²) in [5.41, 5.74) is 4.45. The van der Waals surface area contributed by atoms with E-state index in [2.05, 4.69) is 16.5 Å². The predicted molar refractivity (Wildman–Crippen MR) is 160 cm³/mol. The van der Waals surface area contributed by atoms with Gasteiger partial charge in [0.1, 0.15) is 10.7 Å². The Labute approximate surface area is 253 Å². The third kappa shape index (κ3) is 7.46. The highest BCUT2D eigenvalue weighted by atomic mass is 32.1. The van der Waals surface area contributed by atoms with Crippen molar-refractivity contribution in [1.82, 2.24) is 20.0 Å². The number of nitriles is 1. The molecule has 0 aliphatic rings. The van der Waals surface area contributed by atoms with Crippen molar-refractivity contribution < 1.29 is 22.7 Å². The number of nitrogens with one attached hydrogen (secondary N) is 1. The summed E-state index contributed by atoms with van der Waals surface area (Å²) in [4.78, 5) is 18.9. The van der Waals surface area contributed by atoms with Crippen LogP contribution >= 0.6 is 12.2 Å². The zero-order valence-electron chi connectivity index (χ0n) is 23.6. The maximum Gasteiger partial charge on any atom is 0.416 e. The molecule has 0 spiro atoms. The number of ether oxygens (including phenoxy) is 1. The number of alkyl halides is 3. The van der Waals surface area contributed by atoms with E-state index in [9.17, 15) is 18.0 Å². The maximum absolute atomic E-state index is 14.5. The van der Waals surface area contributed by atoms with E-state index in [0.717, 1.165) is 11.6 Å². The number of benzene rings is 3. The van der Waals surface area contributed by atoms with Gasteiger partial charge in [0.05, 0.1) is 47.8 Å². The van der Waals surface area contributed by atoms with E-state index in [4.69, 9.17) is 22.2 Å². The molecule has 1 atom stereocenters. The highest BCUT2D eigenvalue weighted by Crippen LogP contribution is 2.35. The summed E-state index contributed by atoms with van der Waals surface area (Å²) in [5, 5.41) is 10.4. The van der Waals surface area contributed by atoms with Crippen molar-refractivity contribution in [2.75, 3.05) is 13.7 Å². The average molecular weight is 606 g/mol. The quantitative estimate of drug-likeness (QED) is 0.160. The first-order valence-corrected chi connectivity index (χ1v) is 14.0. The molecule has 0 radical (unpaired) electrons. The Morgan fingerprint density at radius 1 is 1.12 bits per heavy atom. The van der Waals surface area contributed by atoms with Crippen LogP contribution in [0.25, 0.3) is 0 Å². The Bertz CT molecular complexity index is 1610. The summed E-state index contributed by atoms with van der Waals surface area (Å²) in [7, 11) is 1.49. The Morgan fingerprint density at radius 3 is 2.49 bits per heavy atom. The highest BCUT2D eigenvalue weighted by molar-refractivity contribution is 7.80. The van der Waals surface area contributed by atoms with Crippen LogP contribution in [-0.2, 0) is 23.9 Å². The number of rotatable bonds is 11. The molecule has 4 rings (SSSR count). The first kappa shape index (κ1) is 31.4. The number of amides is 1. The van der Waals surface area contributed by atoms with E-state index in [1.54, 1.807) is 53.1 Å². The first-order chi connectivity index (χ1) is 20.7. The van der Waals surface area contributed by atoms with Crippen molar-refractivity contribution in [3.05, 3.63) is 119 Å². The average Bonchev–Trinajstić information content (AvgIpc) is 3.47. The fraction of sp³-hybridized carbons (Fsp3) is 0.250. The SMILES string of the molecule is CCCNN(C(=O)C(Cc1ccccc1C(F)(F)F)c1cncn1Cc1ccc(C#N)cc1)C(=S)c1ccccc1OC. The number of nitrogens with zero attached hydrogens (tertiary/aromatic N) is 4. The molecule has 11 heteroatoms. The number of imidazole rings is 1. The molecule has 1 N–H and O–H groups in total. The zero-order chi connectivity index (χ0) is 31.0. The van der Waals surface area contributed by atoms with Gasteiger partial charge < -0.3 is 9.30 Å². The zero-order valence-corrected chi connectivity index (χ0v) is 24.5. The van der Waals surface area contributed by atoms with Gasteiger partial charge in [-0.2, -0.15) is 18.4 Å². The summed E-state index contributed by atoms with van der Waals surface area (Å²) in [6.45, 7) is 2.59. The predicted octanol–water partition coefficient (Wildman–Crippen LogP) is 6.28. The number of methoxy groups -OCH3 is 1. The van der Waals surface area contributed by atoms with E-state index in [1.165, 1.54) is 42.8 Å². The smallest absolute Gasteiger partial charge is 0.416 e. The molecule has 43 heavy (non-hydrogen) atoms. The molecule has 0 saturated carbocycles. The summed E-state index contributed by atoms with van der Waals surface area (Å²) in [6.07, 6.45) is -1.18. The molecule has 4 aromatic rings. The number of thiocarbonyl (C=S) groups is 1. The molecule has 0 aliphatic carbocycles. The minimum atomic E-state index is -4.61. The van der Waals surface area contributed by atoms with Crippen LogP contribution in [0.4, 0.5) is 13.2 Å². The Hall–Kier alpha value is -4.53. The number of carbonyl (C=O) groups is 1. The van der Waals surface area contributed by atoms with Crippen LogP contribution in [-0.4, -0.2) is 39.1 Å². The van der Waals surface area contributed by atoms with E-state index in [1.807, 2.05) is 6.92 Å². The van der Waals surface area contributed by atoms with Crippen molar-refractivity contribution in [3.8, 4) is 11.8 Å². The van der Waals surface area contributed by atoms with Crippen molar-refractivity contribution in [1.29, 1.82) is 5.26 Å². The lowest BCUT2D eigenvalue weighted by atomic mass is 9.91. The number of halogens is 3. The molecule has 0 saturated heterocycles. The lowest BCUT2D eigenvalue weighted by Gasteiger charge is -2.30. The maximum atomic E-state index is 14.5. The lowest BCUT2D eigenvalue weighted by molar-refractivity contribution is -0.139. The minimum absolute atomic E-state index is 0.0295. The fourth-order valence-electron chi connectivity index (χ4n) is 4.72. The minimum Gasteiger partial charge on any atom is -0.496 e. The van der Waals surface area contributed by atoms with E-state index in [-0.39, 0.29) is 23.5 Å². The van der Waals surface area contributed by atoms with Crippen LogP contribution in [0, 0.1) is 11.3 Å². The third-order valence-electron chi connectivity index (χ3n) is 6.86. The van der Waals surface area contributed by atoms with E-state index in [0.29, 0.717) is 35.5 Å². The van der Waals surface area contributed by atoms with Gasteiger partial charge in [-0.25, -0.2) is 15.4 Å². The van der Waals surface area contributed by atoms with Gasteiger partial charge in [0, 0.05) is 19.3 Å². The van der Waals surface area contributed by atoms with E-state index < -0.39 is 23.6 Å². The van der Waals surface area contributed by atoms with Crippen LogP contribution in [0.15, 0.2) is 85.3 Å². The van der Waals surface area contributed by atoms with Gasteiger partial charge in [0.2, 0.25) is 0 Å². The van der Waals surface area contributed by atoms with Crippen molar-refractivity contribution >= 4 is 23.1 Å². The third-order valence-corrected chi connectivity index (χ3v) is 7.27. The van der Waals surface area contributed by atoms with Gasteiger partial charge >= 0.3 is 6.18 Å². The van der Waals surface area contributed by atoms with Gasteiger partial charge in [-0.1, -0.05) is 61.6 Å². The number of hydrazine groups is 1. The summed E-state index contributed by atoms with van der Waals surface area (Å²) in [6, 6.07) is 21.2. The molecule has 1 aromatic heterocycles. The fourth-order valence-corrected chi connectivity index (χ4v) is 5.04. The monoisotopic (exact) mass is 605 g/mol. The molecule has 0 aliphatic heterocycles. The molecule has 1 amide bonds. The van der Waals surface area contributed by atoms with Crippen molar-refractivity contribution in [3.63, 3.8) is 0 Å². The summed E-state index contributed by atoms with van der Waals surface area (Å²) < 4.78 is 49.3. The molecular formula is C32H30F3N5O2S. The molecule has 0 fully saturated rings. The molecular weight excluding hydrogens is 575 g/mol. The van der Waals surface area contributed by atoms with Crippen LogP contribution in [0.3, 0.4) is 0 Å². The van der Waals surface area contributed by atoms with Crippen LogP contribution in [0.5, 0.6) is 5.75 Å². The lowest BCUT2D eigenvalue weighted by Crippen LogP contribution is -2.49. The Morgan fingerprint density at radius 2 is 1.81 bits per heavy atom. The largest absolute Gasteiger partial charge is 0.496 e. The topological polar surface area (TPSA) is 83.2 Å². The van der Waals surface area contributed by atoms with Crippen LogP contribution < -0.4 is 10.2 Å². The number of hydrogen-bond donors (Lipinski definition) is 1. The van der Waals surface area contributed by atoms with E-state index >= 15 is 0 Å². The number of carbonyl (C=O) groups excluding carboxylic acids is 1.